The summed E-state index contributed by atoms with van der Waals surface area (Å²) in [6.45, 7) is 9.88. The molecule has 1 N–H and O–H groups in total. The average molecular weight is 250 g/mol. The molecule has 102 valence electrons. The predicted molar refractivity (Wildman–Crippen MR) is 74.4 cm³/mol. The zero-order valence-corrected chi connectivity index (χ0v) is 11.7. The lowest BCUT2D eigenvalue weighted by Crippen LogP contribution is -2.29. The highest BCUT2D eigenvalue weighted by molar-refractivity contribution is 5.16. The average Bonchev–Trinajstić information content (AvgIpc) is 2.78. The van der Waals surface area contributed by atoms with Crippen molar-refractivity contribution in [1.29, 1.82) is 0 Å². The summed E-state index contributed by atoms with van der Waals surface area (Å²) in [4.78, 5) is 2.51. The maximum absolute atomic E-state index is 5.64. The van der Waals surface area contributed by atoms with Crippen LogP contribution in [0.2, 0.25) is 0 Å². The summed E-state index contributed by atoms with van der Waals surface area (Å²) in [5.41, 5.74) is 1.32. The largest absolute Gasteiger partial charge is 0.468 e. The Morgan fingerprint density at radius 1 is 1.28 bits per heavy atom. The summed E-state index contributed by atoms with van der Waals surface area (Å²) in [5, 5.41) is 3.49. The van der Waals surface area contributed by atoms with Gasteiger partial charge in [0.15, 0.2) is 0 Å². The van der Waals surface area contributed by atoms with Crippen LogP contribution >= 0.6 is 0 Å². The number of hydrogen-bond acceptors (Lipinski definition) is 3. The Labute approximate surface area is 111 Å². The van der Waals surface area contributed by atoms with Crippen molar-refractivity contribution in [2.75, 3.05) is 19.6 Å². The molecule has 0 saturated carbocycles. The van der Waals surface area contributed by atoms with Crippen LogP contribution in [0.5, 0.6) is 0 Å². The molecule has 1 saturated heterocycles. The molecular weight excluding hydrogens is 224 g/mol. The number of hydrogen-bond donors (Lipinski definition) is 1. The highest BCUT2D eigenvalue weighted by atomic mass is 16.3. The Hall–Kier alpha value is -0.800. The number of likely N-dealkylation sites (tertiary alicyclic amines) is 1. The van der Waals surface area contributed by atoms with Gasteiger partial charge in [-0.15, -0.1) is 0 Å². The standard InChI is InChI=1S/C15H26N2O/c1-13(2)10-16-11-14-6-9-18-15(14)12-17-7-4-3-5-8-17/h6,9,13,16H,3-5,7-8,10-12H2,1-2H3. The second kappa shape index (κ2) is 6.95. The monoisotopic (exact) mass is 250 g/mol. The van der Waals surface area contributed by atoms with E-state index in [4.69, 9.17) is 4.42 Å². The van der Waals surface area contributed by atoms with Crippen molar-refractivity contribution in [2.45, 2.75) is 46.2 Å². The fourth-order valence-electron chi connectivity index (χ4n) is 2.48. The minimum atomic E-state index is 0.697. The molecule has 18 heavy (non-hydrogen) atoms. The summed E-state index contributed by atoms with van der Waals surface area (Å²) in [6.07, 6.45) is 5.88. The topological polar surface area (TPSA) is 28.4 Å². The summed E-state index contributed by atoms with van der Waals surface area (Å²) in [6, 6.07) is 2.10. The van der Waals surface area contributed by atoms with E-state index in [1.807, 2.05) is 6.26 Å². The SMILES string of the molecule is CC(C)CNCc1ccoc1CN1CCCCC1. The van der Waals surface area contributed by atoms with Crippen LogP contribution < -0.4 is 5.32 Å². The van der Waals surface area contributed by atoms with Crippen LogP contribution in [0, 0.1) is 5.92 Å². The Kier molecular flexibility index (Phi) is 5.26. The summed E-state index contributed by atoms with van der Waals surface area (Å²) in [7, 11) is 0. The predicted octanol–water partition coefficient (Wildman–Crippen LogP) is 3.01. The molecule has 3 nitrogen and oxygen atoms in total. The second-order valence-electron chi connectivity index (χ2n) is 5.73. The van der Waals surface area contributed by atoms with Gasteiger partial charge in [-0.2, -0.15) is 0 Å². The molecule has 1 aliphatic rings. The Morgan fingerprint density at radius 2 is 2.06 bits per heavy atom. The minimum absolute atomic E-state index is 0.697. The molecule has 0 radical (unpaired) electrons. The fourth-order valence-corrected chi connectivity index (χ4v) is 2.48. The highest BCUT2D eigenvalue weighted by Gasteiger charge is 2.14. The Balaban J connectivity index is 1.82. The van der Waals surface area contributed by atoms with Crippen molar-refractivity contribution >= 4 is 0 Å². The fraction of sp³-hybridized carbons (Fsp3) is 0.733. The summed E-state index contributed by atoms with van der Waals surface area (Å²) in [5.74, 6) is 1.84. The minimum Gasteiger partial charge on any atom is -0.468 e. The van der Waals surface area contributed by atoms with Gasteiger partial charge >= 0.3 is 0 Å². The maximum atomic E-state index is 5.64. The molecule has 1 fully saturated rings. The van der Waals surface area contributed by atoms with Crippen LogP contribution in [0.1, 0.15) is 44.4 Å². The van der Waals surface area contributed by atoms with Gasteiger partial charge in [-0.05, 0) is 44.5 Å². The molecule has 0 atom stereocenters. The molecule has 0 unspecified atom stereocenters. The van der Waals surface area contributed by atoms with Gasteiger partial charge in [-0.25, -0.2) is 0 Å². The quantitative estimate of drug-likeness (QED) is 0.841. The third-order valence-electron chi connectivity index (χ3n) is 3.52. The van der Waals surface area contributed by atoms with Crippen molar-refractivity contribution < 1.29 is 4.42 Å². The van der Waals surface area contributed by atoms with E-state index in [2.05, 4.69) is 30.1 Å². The number of piperidine rings is 1. The van der Waals surface area contributed by atoms with Crippen molar-refractivity contribution in [3.63, 3.8) is 0 Å². The van der Waals surface area contributed by atoms with E-state index in [0.29, 0.717) is 5.92 Å². The molecule has 1 aromatic rings. The van der Waals surface area contributed by atoms with E-state index in [0.717, 1.165) is 25.4 Å². The lowest BCUT2D eigenvalue weighted by Gasteiger charge is -2.25. The summed E-state index contributed by atoms with van der Waals surface area (Å²) >= 11 is 0. The second-order valence-corrected chi connectivity index (χ2v) is 5.73. The molecule has 0 amide bonds. The van der Waals surface area contributed by atoms with Crippen molar-refractivity contribution in [2.24, 2.45) is 5.92 Å². The molecule has 0 aliphatic carbocycles. The van der Waals surface area contributed by atoms with Crippen LogP contribution in [0.25, 0.3) is 0 Å². The first-order valence-corrected chi connectivity index (χ1v) is 7.24. The van der Waals surface area contributed by atoms with E-state index in [9.17, 15) is 0 Å². The zero-order valence-electron chi connectivity index (χ0n) is 11.7. The first-order valence-electron chi connectivity index (χ1n) is 7.24. The van der Waals surface area contributed by atoms with Crippen LogP contribution in [-0.4, -0.2) is 24.5 Å². The Bertz CT molecular complexity index is 340. The van der Waals surface area contributed by atoms with Gasteiger partial charge in [0.2, 0.25) is 0 Å². The Morgan fingerprint density at radius 3 is 2.78 bits per heavy atom. The number of furan rings is 1. The lowest BCUT2D eigenvalue weighted by molar-refractivity contribution is 0.204. The maximum Gasteiger partial charge on any atom is 0.122 e. The number of nitrogens with one attached hydrogen (secondary N) is 1. The molecule has 2 rings (SSSR count). The van der Waals surface area contributed by atoms with Gasteiger partial charge < -0.3 is 9.73 Å². The van der Waals surface area contributed by atoms with E-state index in [1.54, 1.807) is 0 Å². The van der Waals surface area contributed by atoms with Crippen LogP contribution in [0.3, 0.4) is 0 Å². The van der Waals surface area contributed by atoms with Crippen molar-refractivity contribution in [1.82, 2.24) is 10.2 Å². The molecule has 3 heteroatoms. The molecule has 0 aromatic carbocycles. The smallest absolute Gasteiger partial charge is 0.122 e. The zero-order chi connectivity index (χ0) is 12.8. The van der Waals surface area contributed by atoms with Gasteiger partial charge in [0.1, 0.15) is 5.76 Å². The van der Waals surface area contributed by atoms with Gasteiger partial charge in [-0.1, -0.05) is 20.3 Å². The van der Waals surface area contributed by atoms with Gasteiger partial charge in [-0.3, -0.25) is 4.90 Å². The first-order chi connectivity index (χ1) is 8.75. The number of rotatable bonds is 6. The normalized spacial score (nSPS) is 17.5. The number of nitrogens with zero attached hydrogens (tertiary/aromatic N) is 1. The van der Waals surface area contributed by atoms with Crippen LogP contribution in [-0.2, 0) is 13.1 Å². The van der Waals surface area contributed by atoms with Crippen LogP contribution in [0.15, 0.2) is 16.7 Å². The van der Waals surface area contributed by atoms with E-state index >= 15 is 0 Å². The highest BCUT2D eigenvalue weighted by Crippen LogP contribution is 2.17. The molecule has 2 heterocycles. The van der Waals surface area contributed by atoms with E-state index in [-0.39, 0.29) is 0 Å². The first kappa shape index (κ1) is 13.6. The molecular formula is C15H26N2O. The van der Waals surface area contributed by atoms with Gasteiger partial charge in [0.25, 0.3) is 0 Å². The third-order valence-corrected chi connectivity index (χ3v) is 3.52. The van der Waals surface area contributed by atoms with E-state index in [1.165, 1.54) is 37.9 Å². The summed E-state index contributed by atoms with van der Waals surface area (Å²) < 4.78 is 5.64. The lowest BCUT2D eigenvalue weighted by atomic mass is 10.1. The van der Waals surface area contributed by atoms with Crippen molar-refractivity contribution in [3.8, 4) is 0 Å². The molecule has 1 aromatic heterocycles. The van der Waals surface area contributed by atoms with Gasteiger partial charge in [0.05, 0.1) is 12.8 Å². The molecule has 0 bridgehead atoms. The van der Waals surface area contributed by atoms with Crippen molar-refractivity contribution in [3.05, 3.63) is 23.7 Å². The van der Waals surface area contributed by atoms with Gasteiger partial charge in [0, 0.05) is 12.1 Å². The van der Waals surface area contributed by atoms with E-state index < -0.39 is 0 Å². The molecule has 0 spiro atoms. The van der Waals surface area contributed by atoms with Crippen LogP contribution in [0.4, 0.5) is 0 Å². The third kappa shape index (κ3) is 4.14. The molecule has 1 aliphatic heterocycles.